The molecule has 0 atom stereocenters. The normalized spacial score (nSPS) is 14.5. The van der Waals surface area contributed by atoms with E-state index in [-0.39, 0.29) is 34.7 Å². The minimum Gasteiger partial charge on any atom is -0.493 e. The maximum absolute atomic E-state index is 13.1. The Labute approximate surface area is 206 Å². The first-order valence-corrected chi connectivity index (χ1v) is 11.1. The number of imide groups is 2. The number of carboxylic acid groups (broad SMARTS) is 1. The number of nitrogens with zero attached hydrogens (tertiary/aromatic N) is 1. The van der Waals surface area contributed by atoms with E-state index in [2.05, 4.69) is 5.32 Å². The van der Waals surface area contributed by atoms with Crippen LogP contribution < -0.4 is 19.7 Å². The van der Waals surface area contributed by atoms with Crippen molar-refractivity contribution in [3.8, 4) is 11.5 Å². The highest BCUT2D eigenvalue weighted by Crippen LogP contribution is 2.26. The molecule has 1 saturated heterocycles. The van der Waals surface area contributed by atoms with E-state index in [1.54, 1.807) is 19.1 Å². The number of urea groups is 1. The van der Waals surface area contributed by atoms with Gasteiger partial charge in [-0.15, -0.1) is 0 Å². The Kier molecular flexibility index (Phi) is 7.10. The van der Waals surface area contributed by atoms with Crippen molar-refractivity contribution in [1.29, 1.82) is 0 Å². The fourth-order valence-corrected chi connectivity index (χ4v) is 3.58. The predicted octanol–water partition coefficient (Wildman–Crippen LogP) is 4.03. The van der Waals surface area contributed by atoms with Gasteiger partial charge in [0, 0.05) is 0 Å². The molecule has 3 aromatic carbocycles. The number of rotatable bonds is 8. The lowest BCUT2D eigenvalue weighted by molar-refractivity contribution is -0.122. The molecular weight excluding hydrogens is 464 g/mol. The number of carboxylic acids is 1. The van der Waals surface area contributed by atoms with Gasteiger partial charge in [-0.25, -0.2) is 14.5 Å². The molecule has 1 fully saturated rings. The lowest BCUT2D eigenvalue weighted by Gasteiger charge is -2.26. The summed E-state index contributed by atoms with van der Waals surface area (Å²) < 4.78 is 11.1. The molecule has 4 rings (SSSR count). The van der Waals surface area contributed by atoms with Crippen LogP contribution in [0.4, 0.5) is 10.5 Å². The summed E-state index contributed by atoms with van der Waals surface area (Å²) in [5.74, 6) is -2.24. The molecule has 182 valence electrons. The summed E-state index contributed by atoms with van der Waals surface area (Å²) in [4.78, 5) is 50.5. The zero-order valence-corrected chi connectivity index (χ0v) is 19.3. The summed E-state index contributed by atoms with van der Waals surface area (Å²) in [7, 11) is 0. The second-order valence-corrected chi connectivity index (χ2v) is 7.72. The molecule has 3 aromatic rings. The molecule has 0 saturated carbocycles. The van der Waals surface area contributed by atoms with Crippen molar-refractivity contribution in [3.05, 3.63) is 95.1 Å². The van der Waals surface area contributed by atoms with Crippen molar-refractivity contribution in [2.45, 2.75) is 13.5 Å². The van der Waals surface area contributed by atoms with Crippen LogP contribution in [0.25, 0.3) is 6.08 Å². The minimum atomic E-state index is -1.22. The zero-order valence-electron chi connectivity index (χ0n) is 19.3. The van der Waals surface area contributed by atoms with E-state index in [4.69, 9.17) is 9.47 Å². The first-order chi connectivity index (χ1) is 17.4. The quantitative estimate of drug-likeness (QED) is 0.364. The van der Waals surface area contributed by atoms with Crippen LogP contribution in [-0.4, -0.2) is 35.5 Å². The van der Waals surface area contributed by atoms with E-state index >= 15 is 0 Å². The molecule has 1 aliphatic rings. The second-order valence-electron chi connectivity index (χ2n) is 7.72. The number of anilines is 1. The van der Waals surface area contributed by atoms with E-state index in [1.165, 1.54) is 36.4 Å². The molecule has 0 unspecified atom stereocenters. The number of nitrogens with one attached hydrogen (secondary N) is 1. The molecule has 9 nitrogen and oxygen atoms in total. The Hall–Kier alpha value is -4.92. The molecular formula is C27H22N2O7. The molecule has 9 heteroatoms. The van der Waals surface area contributed by atoms with E-state index in [0.717, 1.165) is 10.5 Å². The molecule has 2 N–H and O–H groups in total. The van der Waals surface area contributed by atoms with Gasteiger partial charge in [0.15, 0.2) is 0 Å². The summed E-state index contributed by atoms with van der Waals surface area (Å²) in [6.07, 6.45) is 1.23. The van der Waals surface area contributed by atoms with E-state index in [9.17, 15) is 24.3 Å². The third-order valence-electron chi connectivity index (χ3n) is 5.29. The van der Waals surface area contributed by atoms with Gasteiger partial charge in [0.25, 0.3) is 11.8 Å². The number of carbonyl (C=O) groups excluding carboxylic acids is 3. The predicted molar refractivity (Wildman–Crippen MR) is 131 cm³/mol. The fraction of sp³-hybridized carbons (Fsp3) is 0.111. The van der Waals surface area contributed by atoms with Crippen molar-refractivity contribution in [2.75, 3.05) is 11.5 Å². The van der Waals surface area contributed by atoms with Crippen molar-refractivity contribution in [3.63, 3.8) is 0 Å². The molecule has 0 aromatic heterocycles. The molecule has 0 radical (unpaired) electrons. The number of hydrogen-bond acceptors (Lipinski definition) is 6. The van der Waals surface area contributed by atoms with Gasteiger partial charge in [-0.1, -0.05) is 36.4 Å². The minimum absolute atomic E-state index is 0.117. The third-order valence-corrected chi connectivity index (χ3v) is 5.29. The number of amides is 4. The molecule has 0 bridgehead atoms. The molecule has 36 heavy (non-hydrogen) atoms. The van der Waals surface area contributed by atoms with Crippen molar-refractivity contribution >= 4 is 35.6 Å². The van der Waals surface area contributed by atoms with Crippen LogP contribution >= 0.6 is 0 Å². The highest BCUT2D eigenvalue weighted by atomic mass is 16.5. The Morgan fingerprint density at radius 1 is 0.972 bits per heavy atom. The topological polar surface area (TPSA) is 122 Å². The van der Waals surface area contributed by atoms with E-state index in [1.807, 2.05) is 30.3 Å². The number of carbonyl (C=O) groups is 4. The average molecular weight is 486 g/mol. The van der Waals surface area contributed by atoms with Crippen LogP contribution in [0.15, 0.2) is 78.4 Å². The third kappa shape index (κ3) is 5.25. The lowest BCUT2D eigenvalue weighted by atomic mass is 10.0. The molecule has 0 spiro atoms. The highest BCUT2D eigenvalue weighted by Gasteiger charge is 2.36. The Balaban J connectivity index is 1.57. The lowest BCUT2D eigenvalue weighted by Crippen LogP contribution is -2.54. The number of aromatic carboxylic acids is 1. The number of ether oxygens (including phenoxy) is 2. The SMILES string of the molecule is CCOc1ccc(C=C2C(=O)NC(=O)N(c3ccc(OCc4ccccc4)cc3)C2=O)cc1C(=O)O. The van der Waals surface area contributed by atoms with Gasteiger partial charge in [0.05, 0.1) is 12.3 Å². The fourth-order valence-electron chi connectivity index (χ4n) is 3.58. The number of hydrogen-bond donors (Lipinski definition) is 2. The summed E-state index contributed by atoms with van der Waals surface area (Å²) in [5.41, 5.74) is 1.07. The van der Waals surface area contributed by atoms with Crippen LogP contribution in [0.2, 0.25) is 0 Å². The Morgan fingerprint density at radius 2 is 1.69 bits per heavy atom. The van der Waals surface area contributed by atoms with Crippen LogP contribution in [0.5, 0.6) is 11.5 Å². The number of benzene rings is 3. The van der Waals surface area contributed by atoms with Crippen molar-refractivity contribution in [1.82, 2.24) is 5.32 Å². The maximum Gasteiger partial charge on any atom is 0.339 e. The smallest absolute Gasteiger partial charge is 0.339 e. The van der Waals surface area contributed by atoms with Crippen LogP contribution in [-0.2, 0) is 16.2 Å². The monoisotopic (exact) mass is 486 g/mol. The first kappa shape index (κ1) is 24.2. The average Bonchev–Trinajstić information content (AvgIpc) is 2.87. The molecule has 0 aliphatic carbocycles. The van der Waals surface area contributed by atoms with Gasteiger partial charge in [0.2, 0.25) is 0 Å². The number of barbiturate groups is 1. The van der Waals surface area contributed by atoms with E-state index < -0.39 is 23.8 Å². The zero-order chi connectivity index (χ0) is 25.7. The van der Waals surface area contributed by atoms with Crippen LogP contribution in [0, 0.1) is 0 Å². The summed E-state index contributed by atoms with van der Waals surface area (Å²) in [6, 6.07) is 19.2. The van der Waals surface area contributed by atoms with Crippen LogP contribution in [0.3, 0.4) is 0 Å². The standard InChI is InChI=1S/C27H22N2O7/c1-2-35-23-13-8-18(14-21(23)26(32)33)15-22-24(30)28-27(34)29(25(22)31)19-9-11-20(12-10-19)36-16-17-6-4-3-5-7-17/h3-15H,2,16H2,1H3,(H,32,33)(H,28,30,34). The molecule has 4 amide bonds. The first-order valence-electron chi connectivity index (χ1n) is 11.1. The highest BCUT2D eigenvalue weighted by molar-refractivity contribution is 6.39. The van der Waals surface area contributed by atoms with Crippen LogP contribution in [0.1, 0.15) is 28.4 Å². The van der Waals surface area contributed by atoms with Crippen molar-refractivity contribution in [2.24, 2.45) is 0 Å². The van der Waals surface area contributed by atoms with Gasteiger partial charge in [-0.2, -0.15) is 0 Å². The summed E-state index contributed by atoms with van der Waals surface area (Å²) in [5, 5.41) is 11.6. The Morgan fingerprint density at radius 3 is 2.36 bits per heavy atom. The Bertz CT molecular complexity index is 1350. The molecule has 1 heterocycles. The summed E-state index contributed by atoms with van der Waals surface area (Å²) in [6.45, 7) is 2.35. The maximum atomic E-state index is 13.1. The van der Waals surface area contributed by atoms with Gasteiger partial charge in [0.1, 0.15) is 29.2 Å². The van der Waals surface area contributed by atoms with Crippen molar-refractivity contribution < 1.29 is 33.8 Å². The summed E-state index contributed by atoms with van der Waals surface area (Å²) >= 11 is 0. The largest absolute Gasteiger partial charge is 0.493 e. The van der Waals surface area contributed by atoms with E-state index in [0.29, 0.717) is 12.4 Å². The second kappa shape index (κ2) is 10.6. The molecule has 1 aliphatic heterocycles. The van der Waals surface area contributed by atoms with Gasteiger partial charge in [-0.05, 0) is 60.5 Å². The van der Waals surface area contributed by atoms with Gasteiger partial charge >= 0.3 is 12.0 Å². The van der Waals surface area contributed by atoms with Gasteiger partial charge < -0.3 is 14.6 Å². The van der Waals surface area contributed by atoms with Gasteiger partial charge in [-0.3, -0.25) is 14.9 Å².